The molecule has 1 unspecified atom stereocenters. The van der Waals surface area contributed by atoms with Gasteiger partial charge < -0.3 is 10.1 Å². The molecule has 162 valence electrons. The van der Waals surface area contributed by atoms with Crippen LogP contribution in [0, 0.1) is 5.92 Å². The first-order valence-electron chi connectivity index (χ1n) is 10.5. The van der Waals surface area contributed by atoms with Gasteiger partial charge in [-0.15, -0.1) is 0 Å². The lowest BCUT2D eigenvalue weighted by Gasteiger charge is -2.30. The van der Waals surface area contributed by atoms with Gasteiger partial charge in [0.15, 0.2) is 5.78 Å². The van der Waals surface area contributed by atoms with Crippen molar-refractivity contribution in [2.45, 2.75) is 23.8 Å². The highest BCUT2D eigenvalue weighted by atomic mass is 32.2. The number of piperidine rings is 1. The van der Waals surface area contributed by atoms with Gasteiger partial charge in [0.1, 0.15) is 12.4 Å². The fourth-order valence-electron chi connectivity index (χ4n) is 3.93. The summed E-state index contributed by atoms with van der Waals surface area (Å²) in [7, 11) is -3.88. The van der Waals surface area contributed by atoms with Crippen LogP contribution in [0.2, 0.25) is 0 Å². The first-order valence-corrected chi connectivity index (χ1v) is 11.9. The van der Waals surface area contributed by atoms with E-state index >= 15 is 0 Å². The molecule has 1 aliphatic heterocycles. The highest BCUT2D eigenvalue weighted by Gasteiger charge is 2.33. The molecule has 31 heavy (non-hydrogen) atoms. The third-order valence-electron chi connectivity index (χ3n) is 5.64. The van der Waals surface area contributed by atoms with E-state index in [0.717, 1.165) is 36.7 Å². The van der Waals surface area contributed by atoms with Crippen molar-refractivity contribution < 1.29 is 17.9 Å². The highest BCUT2D eigenvalue weighted by molar-refractivity contribution is 7.89. The number of carbonyl (C=O) groups excluding carboxylic acids is 1. The topological polar surface area (TPSA) is 84.5 Å². The van der Waals surface area contributed by atoms with Gasteiger partial charge in [-0.25, -0.2) is 13.1 Å². The molecule has 0 saturated carbocycles. The Kier molecular flexibility index (Phi) is 6.65. The Morgan fingerprint density at radius 3 is 2.39 bits per heavy atom. The van der Waals surface area contributed by atoms with Crippen LogP contribution in [0.25, 0.3) is 10.8 Å². The zero-order chi connectivity index (χ0) is 21.7. The Hall–Kier alpha value is -2.74. The molecule has 0 aliphatic carbocycles. The van der Waals surface area contributed by atoms with Crippen molar-refractivity contribution in [2.24, 2.45) is 5.92 Å². The summed E-state index contributed by atoms with van der Waals surface area (Å²) >= 11 is 0. The molecule has 6 nitrogen and oxygen atoms in total. The predicted molar refractivity (Wildman–Crippen MR) is 121 cm³/mol. The maximum Gasteiger partial charge on any atom is 0.241 e. The highest BCUT2D eigenvalue weighted by Crippen LogP contribution is 2.23. The average molecular weight is 439 g/mol. The van der Waals surface area contributed by atoms with Crippen LogP contribution in [0.3, 0.4) is 0 Å². The molecule has 2 N–H and O–H groups in total. The number of benzene rings is 3. The second-order valence-electron chi connectivity index (χ2n) is 7.76. The van der Waals surface area contributed by atoms with Crippen molar-refractivity contribution in [1.29, 1.82) is 0 Å². The van der Waals surface area contributed by atoms with Crippen molar-refractivity contribution in [3.8, 4) is 5.75 Å². The first kappa shape index (κ1) is 21.5. The monoisotopic (exact) mass is 438 g/mol. The molecule has 1 aliphatic rings. The van der Waals surface area contributed by atoms with Crippen LogP contribution in [0.1, 0.15) is 12.8 Å². The molecule has 0 radical (unpaired) electrons. The van der Waals surface area contributed by atoms with Crippen LogP contribution in [0.4, 0.5) is 0 Å². The smallest absolute Gasteiger partial charge is 0.241 e. The Balaban J connectivity index is 1.55. The second-order valence-corrected chi connectivity index (χ2v) is 9.48. The maximum atomic E-state index is 13.2. The molecule has 1 saturated heterocycles. The minimum Gasteiger partial charge on any atom is -0.486 e. The maximum absolute atomic E-state index is 13.2. The van der Waals surface area contributed by atoms with E-state index < -0.39 is 16.1 Å². The number of rotatable bonds is 8. The van der Waals surface area contributed by atoms with Gasteiger partial charge in [0.05, 0.1) is 10.9 Å². The summed E-state index contributed by atoms with van der Waals surface area (Å²) in [5, 5.41) is 5.06. The number of nitrogens with one attached hydrogen (secondary N) is 2. The third kappa shape index (κ3) is 5.31. The minimum atomic E-state index is -3.88. The van der Waals surface area contributed by atoms with E-state index in [1.807, 2.05) is 42.5 Å². The van der Waals surface area contributed by atoms with Gasteiger partial charge in [0, 0.05) is 0 Å². The predicted octanol–water partition coefficient (Wildman–Crippen LogP) is 3.13. The van der Waals surface area contributed by atoms with E-state index in [2.05, 4.69) is 10.0 Å². The number of fused-ring (bicyclic) bond motifs is 1. The van der Waals surface area contributed by atoms with E-state index in [1.54, 1.807) is 30.3 Å². The molecule has 0 spiro atoms. The Labute approximate surface area is 182 Å². The molecule has 0 aromatic heterocycles. The van der Waals surface area contributed by atoms with E-state index in [4.69, 9.17) is 4.74 Å². The van der Waals surface area contributed by atoms with Crippen LogP contribution >= 0.6 is 0 Å². The molecular weight excluding hydrogens is 412 g/mol. The van der Waals surface area contributed by atoms with Gasteiger partial charge in [-0.1, -0.05) is 48.5 Å². The minimum absolute atomic E-state index is 0.0802. The number of Topliss-reactive ketones (excluding diaryl/α,β-unsaturated/α-hetero) is 1. The van der Waals surface area contributed by atoms with Gasteiger partial charge in [-0.3, -0.25) is 4.79 Å². The quantitative estimate of drug-likeness (QED) is 0.565. The third-order valence-corrected chi connectivity index (χ3v) is 7.08. The lowest BCUT2D eigenvalue weighted by atomic mass is 9.88. The molecule has 1 heterocycles. The number of ketones is 1. The molecule has 1 fully saturated rings. The molecule has 1 atom stereocenters. The van der Waals surface area contributed by atoms with Gasteiger partial charge in [0.25, 0.3) is 0 Å². The standard InChI is InChI=1S/C24H26N2O4S/c27-23(17-30-21-8-2-1-3-9-21)24(19-12-14-25-15-13-19)26-31(28,29)22-11-10-18-6-4-5-7-20(18)16-22/h1-11,16,19,24-26H,12-15,17H2. The fraction of sp³-hybridized carbons (Fsp3) is 0.292. The lowest BCUT2D eigenvalue weighted by Crippen LogP contribution is -2.50. The summed E-state index contributed by atoms with van der Waals surface area (Å²) in [6, 6.07) is 20.8. The van der Waals surface area contributed by atoms with Crippen molar-refractivity contribution >= 4 is 26.6 Å². The number of hydrogen-bond donors (Lipinski definition) is 2. The zero-order valence-corrected chi connectivity index (χ0v) is 18.0. The van der Waals surface area contributed by atoms with Crippen molar-refractivity contribution in [2.75, 3.05) is 19.7 Å². The summed E-state index contributed by atoms with van der Waals surface area (Å²) < 4.78 is 34.7. The SMILES string of the molecule is O=C(COc1ccccc1)C(NS(=O)(=O)c1ccc2ccccc2c1)C1CCNCC1. The first-order chi connectivity index (χ1) is 15.0. The van der Waals surface area contributed by atoms with E-state index in [-0.39, 0.29) is 23.2 Å². The molecule has 0 amide bonds. The van der Waals surface area contributed by atoms with Crippen LogP contribution < -0.4 is 14.8 Å². The molecule has 3 aromatic carbocycles. The summed E-state index contributed by atoms with van der Waals surface area (Å²) in [5.41, 5.74) is 0. The lowest BCUT2D eigenvalue weighted by molar-refractivity contribution is -0.124. The number of para-hydroxylation sites is 1. The fourth-order valence-corrected chi connectivity index (χ4v) is 5.26. The van der Waals surface area contributed by atoms with Crippen LogP contribution in [0.5, 0.6) is 5.75 Å². The number of ether oxygens (including phenoxy) is 1. The van der Waals surface area contributed by atoms with E-state index in [0.29, 0.717) is 5.75 Å². The molecule has 4 rings (SSSR count). The van der Waals surface area contributed by atoms with Crippen LogP contribution in [-0.4, -0.2) is 39.9 Å². The van der Waals surface area contributed by atoms with E-state index in [1.165, 1.54) is 0 Å². The molecule has 7 heteroatoms. The van der Waals surface area contributed by atoms with Crippen molar-refractivity contribution in [3.63, 3.8) is 0 Å². The van der Waals surface area contributed by atoms with Gasteiger partial charge in [0.2, 0.25) is 10.0 Å². The summed E-state index contributed by atoms with van der Waals surface area (Å²) in [6.45, 7) is 1.33. The average Bonchev–Trinajstić information content (AvgIpc) is 2.82. The summed E-state index contributed by atoms with van der Waals surface area (Å²) in [5.74, 6) is 0.237. The van der Waals surface area contributed by atoms with Gasteiger partial charge in [-0.2, -0.15) is 0 Å². The molecule has 0 bridgehead atoms. The second kappa shape index (κ2) is 9.60. The number of sulfonamides is 1. The van der Waals surface area contributed by atoms with Crippen molar-refractivity contribution in [3.05, 3.63) is 72.8 Å². The summed E-state index contributed by atoms with van der Waals surface area (Å²) in [6.07, 6.45) is 1.45. The Morgan fingerprint density at radius 2 is 1.65 bits per heavy atom. The van der Waals surface area contributed by atoms with Crippen molar-refractivity contribution in [1.82, 2.24) is 10.0 Å². The van der Waals surface area contributed by atoms with E-state index in [9.17, 15) is 13.2 Å². The van der Waals surface area contributed by atoms with Crippen LogP contribution in [-0.2, 0) is 14.8 Å². The van der Waals surface area contributed by atoms with Gasteiger partial charge >= 0.3 is 0 Å². The summed E-state index contributed by atoms with van der Waals surface area (Å²) in [4.78, 5) is 13.2. The number of carbonyl (C=O) groups is 1. The Morgan fingerprint density at radius 1 is 0.968 bits per heavy atom. The van der Waals surface area contributed by atoms with Crippen LogP contribution in [0.15, 0.2) is 77.7 Å². The largest absolute Gasteiger partial charge is 0.486 e. The molecular formula is C24H26N2O4S. The zero-order valence-electron chi connectivity index (χ0n) is 17.2. The normalized spacial score (nSPS) is 16.1. The Bertz CT molecular complexity index is 1140. The van der Waals surface area contributed by atoms with Gasteiger partial charge in [-0.05, 0) is 66.9 Å². The molecule has 3 aromatic rings. The number of hydrogen-bond acceptors (Lipinski definition) is 5.